The number of halogens is 2. The Hall–Kier alpha value is -2.36. The number of benzene rings is 2. The number of rotatable bonds is 8. The van der Waals surface area contributed by atoms with Crippen LogP contribution >= 0.6 is 23.2 Å². The number of hydrogen-bond acceptors (Lipinski definition) is 8. The molecule has 198 valence electrons. The molecular weight excluding hydrogens is 515 g/mol. The van der Waals surface area contributed by atoms with E-state index in [9.17, 15) is 0 Å². The fraction of sp³-hybridized carbons (Fsp3) is 0.481. The van der Waals surface area contributed by atoms with Crippen molar-refractivity contribution in [2.24, 2.45) is 0 Å². The van der Waals surface area contributed by atoms with E-state index in [0.29, 0.717) is 40.1 Å². The highest BCUT2D eigenvalue weighted by Crippen LogP contribution is 2.35. The summed E-state index contributed by atoms with van der Waals surface area (Å²) in [6.45, 7) is 4.80. The van der Waals surface area contributed by atoms with Crippen LogP contribution in [0.2, 0.25) is 10.0 Å². The van der Waals surface area contributed by atoms with E-state index >= 15 is 0 Å². The van der Waals surface area contributed by atoms with Crippen molar-refractivity contribution >= 4 is 45.6 Å². The lowest BCUT2D eigenvalue weighted by Gasteiger charge is -2.30. The van der Waals surface area contributed by atoms with E-state index < -0.39 is 0 Å². The number of anilines is 2. The molecule has 1 unspecified atom stereocenters. The molecule has 37 heavy (non-hydrogen) atoms. The Kier molecular flexibility index (Phi) is 8.84. The van der Waals surface area contributed by atoms with Crippen molar-refractivity contribution in [2.75, 3.05) is 51.9 Å². The van der Waals surface area contributed by atoms with Crippen LogP contribution in [0.25, 0.3) is 10.9 Å². The molecule has 2 aromatic carbocycles. The fourth-order valence-corrected chi connectivity index (χ4v) is 5.10. The molecule has 2 aliphatic rings. The van der Waals surface area contributed by atoms with Crippen LogP contribution in [0.1, 0.15) is 25.7 Å². The molecule has 0 amide bonds. The van der Waals surface area contributed by atoms with E-state index in [0.717, 1.165) is 62.3 Å². The largest absolute Gasteiger partial charge is 0.493 e. The first-order chi connectivity index (χ1) is 18.1. The third-order valence-electron chi connectivity index (χ3n) is 6.70. The van der Waals surface area contributed by atoms with Crippen LogP contribution in [0, 0.1) is 0 Å². The van der Waals surface area contributed by atoms with Crippen molar-refractivity contribution in [3.63, 3.8) is 0 Å². The molecule has 1 aromatic heterocycles. The number of aromatic nitrogens is 2. The van der Waals surface area contributed by atoms with Gasteiger partial charge in [-0.25, -0.2) is 9.97 Å². The summed E-state index contributed by atoms with van der Waals surface area (Å²) in [4.78, 5) is 11.3. The second-order valence-corrected chi connectivity index (χ2v) is 10.2. The Bertz CT molecular complexity index is 1210. The Morgan fingerprint density at radius 3 is 2.68 bits per heavy atom. The zero-order valence-corrected chi connectivity index (χ0v) is 22.4. The number of methoxy groups -OCH3 is 1. The molecule has 1 N–H and O–H groups in total. The molecule has 2 fully saturated rings. The van der Waals surface area contributed by atoms with Gasteiger partial charge < -0.3 is 24.3 Å². The van der Waals surface area contributed by atoms with Gasteiger partial charge in [-0.3, -0.25) is 4.90 Å². The van der Waals surface area contributed by atoms with Crippen molar-refractivity contribution in [3.8, 4) is 11.5 Å². The lowest BCUT2D eigenvalue weighted by Crippen LogP contribution is -2.41. The number of nitrogens with one attached hydrogen (secondary N) is 1. The molecule has 0 radical (unpaired) electrons. The highest BCUT2D eigenvalue weighted by atomic mass is 35.5. The minimum absolute atomic E-state index is 0.0382. The summed E-state index contributed by atoms with van der Waals surface area (Å²) >= 11 is 12.2. The van der Waals surface area contributed by atoms with E-state index in [4.69, 9.17) is 42.1 Å². The molecule has 0 spiro atoms. The van der Waals surface area contributed by atoms with Crippen LogP contribution in [0.5, 0.6) is 11.5 Å². The van der Waals surface area contributed by atoms with Crippen LogP contribution in [-0.4, -0.2) is 73.6 Å². The van der Waals surface area contributed by atoms with Gasteiger partial charge in [0.15, 0.2) is 11.5 Å². The molecule has 2 saturated heterocycles. The summed E-state index contributed by atoms with van der Waals surface area (Å²) in [5.74, 6) is 1.84. The molecule has 2 aliphatic heterocycles. The SMILES string of the molecule is COc1cc2c(Nc3ccc(Cl)c(Cl)c3)ncnc2cc1OCC1CN(C[C@@H]2CCCCO2)CCCO1. The Morgan fingerprint density at radius 1 is 1.00 bits per heavy atom. The molecule has 10 heteroatoms. The predicted octanol–water partition coefficient (Wildman–Crippen LogP) is 5.73. The second kappa shape index (κ2) is 12.5. The van der Waals surface area contributed by atoms with E-state index in [-0.39, 0.29) is 6.10 Å². The van der Waals surface area contributed by atoms with Gasteiger partial charge in [0, 0.05) is 50.0 Å². The first kappa shape index (κ1) is 26.3. The molecule has 0 aliphatic carbocycles. The Balaban J connectivity index is 1.28. The van der Waals surface area contributed by atoms with Crippen LogP contribution in [-0.2, 0) is 9.47 Å². The van der Waals surface area contributed by atoms with Gasteiger partial charge in [-0.2, -0.15) is 0 Å². The van der Waals surface area contributed by atoms with Crippen molar-refractivity contribution in [3.05, 3.63) is 46.7 Å². The maximum Gasteiger partial charge on any atom is 0.163 e. The summed E-state index contributed by atoms with van der Waals surface area (Å²) in [7, 11) is 1.62. The normalized spacial score (nSPS) is 20.9. The van der Waals surface area contributed by atoms with Crippen molar-refractivity contribution in [1.29, 1.82) is 0 Å². The quantitative estimate of drug-likeness (QED) is 0.384. The average Bonchev–Trinajstić information content (AvgIpc) is 3.14. The summed E-state index contributed by atoms with van der Waals surface area (Å²) in [6, 6.07) is 9.09. The highest BCUT2D eigenvalue weighted by Gasteiger charge is 2.24. The molecule has 3 aromatic rings. The lowest BCUT2D eigenvalue weighted by molar-refractivity contribution is -0.0172. The maximum atomic E-state index is 6.24. The summed E-state index contributed by atoms with van der Waals surface area (Å²) in [5.41, 5.74) is 1.49. The van der Waals surface area contributed by atoms with Crippen molar-refractivity contribution < 1.29 is 18.9 Å². The van der Waals surface area contributed by atoms with Gasteiger partial charge in [0.25, 0.3) is 0 Å². The predicted molar refractivity (Wildman–Crippen MR) is 146 cm³/mol. The van der Waals surface area contributed by atoms with E-state index in [1.165, 1.54) is 19.2 Å². The number of fused-ring (bicyclic) bond motifs is 1. The monoisotopic (exact) mass is 546 g/mol. The molecule has 8 nitrogen and oxygen atoms in total. The Labute approximate surface area is 227 Å². The van der Waals surface area contributed by atoms with Gasteiger partial charge in [0.2, 0.25) is 0 Å². The van der Waals surface area contributed by atoms with Gasteiger partial charge in [-0.1, -0.05) is 23.2 Å². The standard InChI is InChI=1S/C27H32Cl2N4O4/c1-34-25-12-21-24(30-17-31-27(21)32-18-6-7-22(28)23(29)11-18)13-26(25)37-16-20-15-33(8-4-10-36-20)14-19-5-2-3-9-35-19/h6-7,11-13,17,19-20H,2-5,8-10,14-16H2,1H3,(H,30,31,32)/t19-,20?/m0/s1. The third-order valence-corrected chi connectivity index (χ3v) is 7.44. The van der Waals surface area contributed by atoms with Crippen LogP contribution < -0.4 is 14.8 Å². The molecule has 3 heterocycles. The number of ether oxygens (including phenoxy) is 4. The van der Waals surface area contributed by atoms with E-state index in [1.54, 1.807) is 19.2 Å². The summed E-state index contributed by atoms with van der Waals surface area (Å²) in [5, 5.41) is 5.04. The van der Waals surface area contributed by atoms with Crippen LogP contribution in [0.4, 0.5) is 11.5 Å². The lowest BCUT2D eigenvalue weighted by atomic mass is 10.1. The smallest absolute Gasteiger partial charge is 0.163 e. The van der Waals surface area contributed by atoms with E-state index in [1.807, 2.05) is 18.2 Å². The summed E-state index contributed by atoms with van der Waals surface area (Å²) in [6.07, 6.45) is 6.35. The zero-order chi connectivity index (χ0) is 25.6. The van der Waals surface area contributed by atoms with Crippen molar-refractivity contribution in [2.45, 2.75) is 37.9 Å². The molecule has 5 rings (SSSR count). The fourth-order valence-electron chi connectivity index (χ4n) is 4.81. The molecule has 0 bridgehead atoms. The maximum absolute atomic E-state index is 6.24. The van der Waals surface area contributed by atoms with Gasteiger partial charge in [0.1, 0.15) is 24.9 Å². The molecular formula is C27H32Cl2N4O4. The van der Waals surface area contributed by atoms with Crippen LogP contribution in [0.15, 0.2) is 36.7 Å². The Morgan fingerprint density at radius 2 is 1.86 bits per heavy atom. The first-order valence-corrected chi connectivity index (χ1v) is 13.5. The third kappa shape index (κ3) is 6.75. The minimum Gasteiger partial charge on any atom is -0.493 e. The summed E-state index contributed by atoms with van der Waals surface area (Å²) < 4.78 is 24.0. The van der Waals surface area contributed by atoms with Crippen LogP contribution in [0.3, 0.4) is 0 Å². The van der Waals surface area contributed by atoms with Gasteiger partial charge in [0.05, 0.1) is 28.8 Å². The van der Waals surface area contributed by atoms with Gasteiger partial charge in [-0.15, -0.1) is 0 Å². The number of nitrogens with zero attached hydrogens (tertiary/aromatic N) is 3. The number of hydrogen-bond donors (Lipinski definition) is 1. The van der Waals surface area contributed by atoms with Crippen molar-refractivity contribution in [1.82, 2.24) is 14.9 Å². The van der Waals surface area contributed by atoms with Gasteiger partial charge in [-0.05, 0) is 49.9 Å². The first-order valence-electron chi connectivity index (χ1n) is 12.7. The van der Waals surface area contributed by atoms with Gasteiger partial charge >= 0.3 is 0 Å². The minimum atomic E-state index is -0.0382. The van der Waals surface area contributed by atoms with E-state index in [2.05, 4.69) is 20.2 Å². The molecule has 0 saturated carbocycles. The molecule has 2 atom stereocenters. The second-order valence-electron chi connectivity index (χ2n) is 9.40. The topological polar surface area (TPSA) is 78.0 Å². The highest BCUT2D eigenvalue weighted by molar-refractivity contribution is 6.42. The zero-order valence-electron chi connectivity index (χ0n) is 20.9. The average molecular weight is 547 g/mol.